The summed E-state index contributed by atoms with van der Waals surface area (Å²) in [5.41, 5.74) is 1.23. The van der Waals surface area contributed by atoms with Gasteiger partial charge in [-0.05, 0) is 32.7 Å². The zero-order valence-electron chi connectivity index (χ0n) is 7.92. The average Bonchev–Trinajstić information content (AvgIpc) is 2.47. The van der Waals surface area contributed by atoms with Crippen molar-refractivity contribution in [1.82, 2.24) is 4.90 Å². The van der Waals surface area contributed by atoms with Crippen molar-refractivity contribution in [3.63, 3.8) is 0 Å². The Morgan fingerprint density at radius 1 is 1.67 bits per heavy atom. The third-order valence-corrected chi connectivity index (χ3v) is 2.54. The highest BCUT2D eigenvalue weighted by molar-refractivity contribution is 4.90. The van der Waals surface area contributed by atoms with Crippen LogP contribution in [0.4, 0.5) is 0 Å². The lowest BCUT2D eigenvalue weighted by Crippen LogP contribution is -2.33. The fraction of sp³-hybridized carbons (Fsp3) is 0.800. The van der Waals surface area contributed by atoms with Gasteiger partial charge in [0.25, 0.3) is 0 Å². The zero-order chi connectivity index (χ0) is 8.97. The zero-order valence-corrected chi connectivity index (χ0v) is 7.92. The van der Waals surface area contributed by atoms with Gasteiger partial charge < -0.3 is 5.11 Å². The van der Waals surface area contributed by atoms with Crippen molar-refractivity contribution < 1.29 is 5.11 Å². The van der Waals surface area contributed by atoms with E-state index in [0.29, 0.717) is 12.6 Å². The molecule has 0 unspecified atom stereocenters. The second-order valence-electron chi connectivity index (χ2n) is 3.72. The van der Waals surface area contributed by atoms with E-state index in [1.807, 2.05) is 0 Å². The van der Waals surface area contributed by atoms with Crippen LogP contribution in [0.3, 0.4) is 0 Å². The highest BCUT2D eigenvalue weighted by Crippen LogP contribution is 2.17. The van der Waals surface area contributed by atoms with Crippen LogP contribution in [0.25, 0.3) is 0 Å². The molecule has 1 fully saturated rings. The van der Waals surface area contributed by atoms with E-state index in [-0.39, 0.29) is 0 Å². The molecule has 1 N–H and O–H groups in total. The lowest BCUT2D eigenvalue weighted by Gasteiger charge is -2.22. The van der Waals surface area contributed by atoms with E-state index in [9.17, 15) is 0 Å². The molecule has 12 heavy (non-hydrogen) atoms. The fourth-order valence-corrected chi connectivity index (χ4v) is 1.73. The van der Waals surface area contributed by atoms with Gasteiger partial charge in [-0.15, -0.1) is 6.58 Å². The largest absolute Gasteiger partial charge is 0.395 e. The average molecular weight is 169 g/mol. The molecule has 0 aromatic carbocycles. The fourth-order valence-electron chi connectivity index (χ4n) is 1.73. The Balaban J connectivity index is 2.26. The summed E-state index contributed by atoms with van der Waals surface area (Å²) in [6.45, 7) is 8.47. The van der Waals surface area contributed by atoms with Crippen LogP contribution in [-0.4, -0.2) is 35.7 Å². The van der Waals surface area contributed by atoms with Gasteiger partial charge in [0.05, 0.1) is 6.61 Å². The Bertz CT molecular complexity index is 156. The van der Waals surface area contributed by atoms with Crippen molar-refractivity contribution in [3.05, 3.63) is 12.2 Å². The monoisotopic (exact) mass is 169 g/mol. The third-order valence-electron chi connectivity index (χ3n) is 2.54. The molecule has 0 aliphatic carbocycles. The SMILES string of the molecule is C=C(C)CCN1CCC[C@H]1CO. The first-order valence-electron chi connectivity index (χ1n) is 4.73. The van der Waals surface area contributed by atoms with Crippen LogP contribution >= 0.6 is 0 Å². The summed E-state index contributed by atoms with van der Waals surface area (Å²) in [7, 11) is 0. The molecule has 0 aromatic rings. The van der Waals surface area contributed by atoms with Gasteiger partial charge in [0.1, 0.15) is 0 Å². The van der Waals surface area contributed by atoms with Crippen LogP contribution in [0.5, 0.6) is 0 Å². The number of hydrogen-bond acceptors (Lipinski definition) is 2. The van der Waals surface area contributed by atoms with Crippen molar-refractivity contribution >= 4 is 0 Å². The van der Waals surface area contributed by atoms with Crippen LogP contribution < -0.4 is 0 Å². The van der Waals surface area contributed by atoms with Gasteiger partial charge in [-0.3, -0.25) is 4.90 Å². The van der Waals surface area contributed by atoms with Crippen molar-refractivity contribution in [2.75, 3.05) is 19.7 Å². The summed E-state index contributed by atoms with van der Waals surface area (Å²) in [6.07, 6.45) is 3.46. The third kappa shape index (κ3) is 2.61. The summed E-state index contributed by atoms with van der Waals surface area (Å²) in [5.74, 6) is 0. The van der Waals surface area contributed by atoms with E-state index < -0.39 is 0 Å². The van der Waals surface area contributed by atoms with Crippen molar-refractivity contribution in [1.29, 1.82) is 0 Å². The summed E-state index contributed by atoms with van der Waals surface area (Å²) in [4.78, 5) is 2.37. The van der Waals surface area contributed by atoms with E-state index >= 15 is 0 Å². The molecule has 1 atom stereocenters. The molecule has 1 saturated heterocycles. The van der Waals surface area contributed by atoms with Gasteiger partial charge in [-0.2, -0.15) is 0 Å². The lowest BCUT2D eigenvalue weighted by atomic mass is 10.2. The van der Waals surface area contributed by atoms with Gasteiger partial charge >= 0.3 is 0 Å². The van der Waals surface area contributed by atoms with E-state index in [1.54, 1.807) is 0 Å². The Kier molecular flexibility index (Phi) is 3.76. The highest BCUT2D eigenvalue weighted by atomic mass is 16.3. The number of likely N-dealkylation sites (tertiary alicyclic amines) is 1. The van der Waals surface area contributed by atoms with Crippen LogP contribution in [0.15, 0.2) is 12.2 Å². The minimum atomic E-state index is 0.316. The predicted molar refractivity (Wildman–Crippen MR) is 51.1 cm³/mol. The minimum absolute atomic E-state index is 0.316. The molecule has 2 heteroatoms. The van der Waals surface area contributed by atoms with E-state index in [4.69, 9.17) is 5.11 Å². The number of nitrogens with zero attached hydrogens (tertiary/aromatic N) is 1. The van der Waals surface area contributed by atoms with Crippen LogP contribution in [0.2, 0.25) is 0 Å². The lowest BCUT2D eigenvalue weighted by molar-refractivity contribution is 0.160. The number of aliphatic hydroxyl groups excluding tert-OH is 1. The summed E-state index contributed by atoms with van der Waals surface area (Å²) < 4.78 is 0. The van der Waals surface area contributed by atoms with Crippen LogP contribution in [0.1, 0.15) is 26.2 Å². The molecule has 0 aromatic heterocycles. The Hall–Kier alpha value is -0.340. The van der Waals surface area contributed by atoms with Crippen molar-refractivity contribution in [3.8, 4) is 0 Å². The van der Waals surface area contributed by atoms with Gasteiger partial charge in [0.2, 0.25) is 0 Å². The maximum atomic E-state index is 9.04. The number of hydrogen-bond donors (Lipinski definition) is 1. The second kappa shape index (κ2) is 4.63. The topological polar surface area (TPSA) is 23.5 Å². The number of rotatable bonds is 4. The molecule has 1 aliphatic rings. The van der Waals surface area contributed by atoms with E-state index in [1.165, 1.54) is 12.0 Å². The van der Waals surface area contributed by atoms with Gasteiger partial charge in [-0.25, -0.2) is 0 Å². The highest BCUT2D eigenvalue weighted by Gasteiger charge is 2.22. The molecular formula is C10H19NO. The molecule has 2 nitrogen and oxygen atoms in total. The summed E-state index contributed by atoms with van der Waals surface area (Å²) >= 11 is 0. The summed E-state index contributed by atoms with van der Waals surface area (Å²) in [6, 6.07) is 0.421. The maximum Gasteiger partial charge on any atom is 0.0586 e. The Morgan fingerprint density at radius 2 is 2.42 bits per heavy atom. The molecule has 1 heterocycles. The predicted octanol–water partition coefficient (Wildman–Crippen LogP) is 1.41. The Morgan fingerprint density at radius 3 is 3.00 bits per heavy atom. The minimum Gasteiger partial charge on any atom is -0.395 e. The first kappa shape index (κ1) is 9.75. The van der Waals surface area contributed by atoms with Crippen LogP contribution in [0, 0.1) is 0 Å². The molecule has 1 rings (SSSR count). The molecule has 0 radical (unpaired) electrons. The Labute approximate surface area is 74.9 Å². The van der Waals surface area contributed by atoms with Gasteiger partial charge in [0.15, 0.2) is 0 Å². The molecule has 0 amide bonds. The van der Waals surface area contributed by atoms with Crippen LogP contribution in [-0.2, 0) is 0 Å². The summed E-state index contributed by atoms with van der Waals surface area (Å²) in [5, 5.41) is 9.04. The maximum absolute atomic E-state index is 9.04. The molecular weight excluding hydrogens is 150 g/mol. The quantitative estimate of drug-likeness (QED) is 0.643. The second-order valence-corrected chi connectivity index (χ2v) is 3.72. The van der Waals surface area contributed by atoms with Crippen molar-refractivity contribution in [2.24, 2.45) is 0 Å². The van der Waals surface area contributed by atoms with Crippen molar-refractivity contribution in [2.45, 2.75) is 32.2 Å². The normalized spacial score (nSPS) is 24.7. The van der Waals surface area contributed by atoms with E-state index in [0.717, 1.165) is 25.9 Å². The first-order valence-corrected chi connectivity index (χ1v) is 4.73. The number of aliphatic hydroxyl groups is 1. The standard InChI is InChI=1S/C10H19NO/c1-9(2)5-7-11-6-3-4-10(11)8-12/h10,12H,1,3-8H2,2H3/t10-/m0/s1. The molecule has 0 saturated carbocycles. The molecule has 70 valence electrons. The molecule has 0 spiro atoms. The molecule has 1 aliphatic heterocycles. The molecule has 0 bridgehead atoms. The first-order chi connectivity index (χ1) is 5.74. The van der Waals surface area contributed by atoms with E-state index in [2.05, 4.69) is 18.4 Å². The van der Waals surface area contributed by atoms with Gasteiger partial charge in [0, 0.05) is 12.6 Å². The van der Waals surface area contributed by atoms with Gasteiger partial charge in [-0.1, -0.05) is 5.57 Å². The smallest absolute Gasteiger partial charge is 0.0586 e.